The molecule has 0 bridgehead atoms. The average molecular weight is 295 g/mol. The number of ketones is 1. The van der Waals surface area contributed by atoms with Crippen molar-refractivity contribution in [2.75, 3.05) is 11.9 Å². The number of carbonyl (C=O) groups is 1. The maximum Gasteiger partial charge on any atom is 0.187 e. The number of anilines is 1. The summed E-state index contributed by atoms with van der Waals surface area (Å²) in [5.74, 6) is 0.736. The van der Waals surface area contributed by atoms with Crippen LogP contribution in [0.2, 0.25) is 0 Å². The maximum absolute atomic E-state index is 12.1. The lowest BCUT2D eigenvalue weighted by molar-refractivity contribution is 0.104. The largest absolute Gasteiger partial charge is 0.494 e. The van der Waals surface area contributed by atoms with E-state index in [0.717, 1.165) is 17.9 Å². The lowest BCUT2D eigenvalue weighted by Crippen LogP contribution is -1.97. The topological polar surface area (TPSA) is 38.3 Å². The molecule has 0 fully saturated rings. The molecule has 0 aliphatic carbocycles. The van der Waals surface area contributed by atoms with Crippen LogP contribution in [0.15, 0.2) is 60.8 Å². The highest BCUT2D eigenvalue weighted by Crippen LogP contribution is 2.13. The van der Waals surface area contributed by atoms with E-state index in [1.165, 1.54) is 11.6 Å². The molecule has 0 amide bonds. The monoisotopic (exact) mass is 295 g/mol. The van der Waals surface area contributed by atoms with E-state index in [4.69, 9.17) is 4.74 Å². The first kappa shape index (κ1) is 15.8. The Labute approximate surface area is 131 Å². The van der Waals surface area contributed by atoms with Gasteiger partial charge in [0, 0.05) is 23.5 Å². The third-order valence-corrected chi connectivity index (χ3v) is 3.27. The molecule has 1 N–H and O–H groups in total. The molecule has 3 nitrogen and oxygen atoms in total. The van der Waals surface area contributed by atoms with Crippen LogP contribution in [0.5, 0.6) is 5.75 Å². The number of nitrogens with one attached hydrogen (secondary N) is 1. The minimum absolute atomic E-state index is 0.0396. The zero-order chi connectivity index (χ0) is 15.8. The summed E-state index contributed by atoms with van der Waals surface area (Å²) >= 11 is 0. The second kappa shape index (κ2) is 8.03. The molecule has 0 atom stereocenters. The van der Waals surface area contributed by atoms with Gasteiger partial charge in [-0.15, -0.1) is 0 Å². The van der Waals surface area contributed by atoms with Crippen molar-refractivity contribution in [1.29, 1.82) is 0 Å². The van der Waals surface area contributed by atoms with E-state index in [0.29, 0.717) is 12.2 Å². The highest BCUT2D eigenvalue weighted by atomic mass is 16.5. The molecule has 0 aliphatic rings. The van der Waals surface area contributed by atoms with Gasteiger partial charge in [0.1, 0.15) is 5.75 Å². The normalized spacial score (nSPS) is 10.6. The minimum atomic E-state index is -0.0396. The molecule has 22 heavy (non-hydrogen) atoms. The first-order valence-electron chi connectivity index (χ1n) is 7.52. The van der Waals surface area contributed by atoms with Gasteiger partial charge in [0.15, 0.2) is 5.78 Å². The standard InChI is InChI=1S/C19H21NO2/c1-3-15-6-5-7-17(14-15)20-13-12-19(21)16-8-10-18(11-9-16)22-4-2/h5-14,20H,3-4H2,1-2H3/b13-12+. The Balaban J connectivity index is 1.95. The van der Waals surface area contributed by atoms with E-state index in [-0.39, 0.29) is 5.78 Å². The fraction of sp³-hybridized carbons (Fsp3) is 0.211. The second-order valence-corrected chi connectivity index (χ2v) is 4.85. The van der Waals surface area contributed by atoms with Crippen LogP contribution < -0.4 is 10.1 Å². The summed E-state index contributed by atoms with van der Waals surface area (Å²) in [6.45, 7) is 4.67. The fourth-order valence-corrected chi connectivity index (χ4v) is 2.07. The number of ether oxygens (including phenoxy) is 1. The van der Waals surface area contributed by atoms with Gasteiger partial charge in [0.05, 0.1) is 6.61 Å². The number of hydrogen-bond donors (Lipinski definition) is 1. The summed E-state index contributed by atoms with van der Waals surface area (Å²) in [6, 6.07) is 15.3. The Hall–Kier alpha value is -2.55. The van der Waals surface area contributed by atoms with Gasteiger partial charge in [0.2, 0.25) is 0 Å². The van der Waals surface area contributed by atoms with Gasteiger partial charge < -0.3 is 10.1 Å². The quantitative estimate of drug-likeness (QED) is 0.605. The Morgan fingerprint density at radius 3 is 2.59 bits per heavy atom. The molecule has 0 unspecified atom stereocenters. The SMILES string of the molecule is CCOc1ccc(C(=O)/C=C/Nc2cccc(CC)c2)cc1. The molecule has 0 saturated carbocycles. The van der Waals surface area contributed by atoms with Crippen molar-refractivity contribution in [2.45, 2.75) is 20.3 Å². The van der Waals surface area contributed by atoms with Gasteiger partial charge in [-0.05, 0) is 55.3 Å². The smallest absolute Gasteiger partial charge is 0.187 e. The lowest BCUT2D eigenvalue weighted by Gasteiger charge is -2.04. The number of carbonyl (C=O) groups excluding carboxylic acids is 1. The molecule has 2 aromatic carbocycles. The molecule has 114 valence electrons. The predicted molar refractivity (Wildman–Crippen MR) is 90.5 cm³/mol. The van der Waals surface area contributed by atoms with Gasteiger partial charge in [0.25, 0.3) is 0 Å². The van der Waals surface area contributed by atoms with Gasteiger partial charge in [-0.1, -0.05) is 19.1 Å². The molecule has 0 radical (unpaired) electrons. The van der Waals surface area contributed by atoms with Gasteiger partial charge in [-0.2, -0.15) is 0 Å². The first-order chi connectivity index (χ1) is 10.7. The van der Waals surface area contributed by atoms with Crippen molar-refractivity contribution < 1.29 is 9.53 Å². The first-order valence-corrected chi connectivity index (χ1v) is 7.52. The third-order valence-electron chi connectivity index (χ3n) is 3.27. The fourth-order valence-electron chi connectivity index (χ4n) is 2.07. The molecule has 0 aromatic heterocycles. The molecule has 0 aliphatic heterocycles. The van der Waals surface area contributed by atoms with Crippen molar-refractivity contribution >= 4 is 11.5 Å². The molecule has 0 spiro atoms. The Morgan fingerprint density at radius 2 is 1.91 bits per heavy atom. The van der Waals surface area contributed by atoms with E-state index < -0.39 is 0 Å². The maximum atomic E-state index is 12.1. The number of rotatable bonds is 7. The van der Waals surface area contributed by atoms with Crippen LogP contribution in [0.25, 0.3) is 0 Å². The molecule has 0 saturated heterocycles. The molecule has 2 rings (SSSR count). The summed E-state index contributed by atoms with van der Waals surface area (Å²) in [7, 11) is 0. The van der Waals surface area contributed by atoms with Crippen molar-refractivity contribution in [3.8, 4) is 5.75 Å². The summed E-state index contributed by atoms with van der Waals surface area (Å²) in [5, 5.41) is 3.13. The molecule has 3 heteroatoms. The van der Waals surface area contributed by atoms with Crippen LogP contribution in [0.4, 0.5) is 5.69 Å². The predicted octanol–water partition coefficient (Wildman–Crippen LogP) is 4.46. The highest BCUT2D eigenvalue weighted by molar-refractivity contribution is 6.04. The van der Waals surface area contributed by atoms with Gasteiger partial charge in [-0.3, -0.25) is 4.79 Å². The van der Waals surface area contributed by atoms with E-state index >= 15 is 0 Å². The van der Waals surface area contributed by atoms with Crippen molar-refractivity contribution in [3.63, 3.8) is 0 Å². The molecular formula is C19H21NO2. The van der Waals surface area contributed by atoms with Crippen LogP contribution in [0, 0.1) is 0 Å². The van der Waals surface area contributed by atoms with E-state index in [9.17, 15) is 4.79 Å². The Bertz CT molecular complexity index is 645. The van der Waals surface area contributed by atoms with Crippen LogP contribution >= 0.6 is 0 Å². The van der Waals surface area contributed by atoms with Crippen LogP contribution in [-0.2, 0) is 6.42 Å². The van der Waals surface area contributed by atoms with E-state index in [1.54, 1.807) is 18.3 Å². The average Bonchev–Trinajstić information content (AvgIpc) is 2.56. The van der Waals surface area contributed by atoms with Crippen LogP contribution in [-0.4, -0.2) is 12.4 Å². The number of aryl methyl sites for hydroxylation is 1. The highest BCUT2D eigenvalue weighted by Gasteiger charge is 2.01. The number of allylic oxidation sites excluding steroid dienone is 1. The molecule has 2 aromatic rings. The van der Waals surface area contributed by atoms with E-state index in [1.807, 2.05) is 31.2 Å². The van der Waals surface area contributed by atoms with Crippen molar-refractivity contribution in [2.24, 2.45) is 0 Å². The van der Waals surface area contributed by atoms with Crippen LogP contribution in [0.1, 0.15) is 29.8 Å². The van der Waals surface area contributed by atoms with Crippen LogP contribution in [0.3, 0.4) is 0 Å². The summed E-state index contributed by atoms with van der Waals surface area (Å²) in [5.41, 5.74) is 2.88. The molecule has 0 heterocycles. The van der Waals surface area contributed by atoms with E-state index in [2.05, 4.69) is 24.4 Å². The number of hydrogen-bond acceptors (Lipinski definition) is 3. The van der Waals surface area contributed by atoms with Crippen molar-refractivity contribution in [1.82, 2.24) is 0 Å². The Morgan fingerprint density at radius 1 is 1.14 bits per heavy atom. The second-order valence-electron chi connectivity index (χ2n) is 4.85. The Kier molecular flexibility index (Phi) is 5.78. The zero-order valence-corrected chi connectivity index (χ0v) is 13.0. The van der Waals surface area contributed by atoms with Gasteiger partial charge >= 0.3 is 0 Å². The van der Waals surface area contributed by atoms with Gasteiger partial charge in [-0.25, -0.2) is 0 Å². The zero-order valence-electron chi connectivity index (χ0n) is 13.0. The lowest BCUT2D eigenvalue weighted by atomic mass is 10.1. The summed E-state index contributed by atoms with van der Waals surface area (Å²) in [4.78, 5) is 12.1. The molecular weight excluding hydrogens is 274 g/mol. The summed E-state index contributed by atoms with van der Waals surface area (Å²) < 4.78 is 5.36. The third kappa shape index (κ3) is 4.48. The number of benzene rings is 2. The minimum Gasteiger partial charge on any atom is -0.494 e. The van der Waals surface area contributed by atoms with Crippen molar-refractivity contribution in [3.05, 3.63) is 71.9 Å². The summed E-state index contributed by atoms with van der Waals surface area (Å²) in [6.07, 6.45) is 4.20.